The fourth-order valence-electron chi connectivity index (χ4n) is 6.44. The Morgan fingerprint density at radius 2 is 1.45 bits per heavy atom. The first-order chi connectivity index (χ1) is 9.81. The first kappa shape index (κ1) is 13.4. The monoisotopic (exact) mass is 272 g/mol. The van der Waals surface area contributed by atoms with E-state index in [1.807, 2.05) is 0 Å². The van der Waals surface area contributed by atoms with Crippen molar-refractivity contribution in [3.05, 3.63) is 11.6 Å². The summed E-state index contributed by atoms with van der Waals surface area (Å²) in [6, 6.07) is 0. The molecule has 3 fully saturated rings. The maximum atomic E-state index is 2.70. The van der Waals surface area contributed by atoms with Gasteiger partial charge >= 0.3 is 0 Å². The molecule has 0 radical (unpaired) electrons. The Bertz CT molecular complexity index is 373. The molecule has 0 bridgehead atoms. The number of allylic oxidation sites excluding steroid dienone is 2. The van der Waals surface area contributed by atoms with E-state index in [1.54, 1.807) is 44.1 Å². The van der Waals surface area contributed by atoms with E-state index in [1.165, 1.54) is 32.1 Å². The topological polar surface area (TPSA) is 0 Å². The van der Waals surface area contributed by atoms with Gasteiger partial charge in [0.15, 0.2) is 0 Å². The van der Waals surface area contributed by atoms with E-state index >= 15 is 0 Å². The normalized spacial score (nSPS) is 45.6. The van der Waals surface area contributed by atoms with Crippen LogP contribution in [0.5, 0.6) is 0 Å². The van der Waals surface area contributed by atoms with Crippen molar-refractivity contribution < 1.29 is 0 Å². The predicted octanol–water partition coefficient (Wildman–Crippen LogP) is 5.98. The third kappa shape index (κ3) is 2.38. The molecule has 4 aliphatic rings. The van der Waals surface area contributed by atoms with Crippen LogP contribution in [0.15, 0.2) is 11.6 Å². The zero-order valence-electron chi connectivity index (χ0n) is 13.3. The summed E-state index contributed by atoms with van der Waals surface area (Å²) < 4.78 is 0. The van der Waals surface area contributed by atoms with Crippen molar-refractivity contribution in [2.45, 2.75) is 77.6 Å². The van der Waals surface area contributed by atoms with Crippen LogP contribution in [0.25, 0.3) is 0 Å². The molecule has 3 saturated carbocycles. The molecule has 0 spiro atoms. The first-order valence-corrected chi connectivity index (χ1v) is 9.48. The van der Waals surface area contributed by atoms with Crippen LogP contribution in [-0.4, -0.2) is 0 Å². The van der Waals surface area contributed by atoms with Gasteiger partial charge in [0, 0.05) is 0 Å². The van der Waals surface area contributed by atoms with E-state index in [0.29, 0.717) is 0 Å². The highest BCUT2D eigenvalue weighted by Gasteiger charge is 2.44. The Hall–Kier alpha value is -0.260. The third-order valence-corrected chi connectivity index (χ3v) is 7.41. The van der Waals surface area contributed by atoms with Crippen LogP contribution in [0.2, 0.25) is 0 Å². The van der Waals surface area contributed by atoms with Gasteiger partial charge in [-0.25, -0.2) is 0 Å². The molecule has 0 aromatic heterocycles. The second-order valence-electron chi connectivity index (χ2n) is 8.53. The lowest BCUT2D eigenvalue weighted by atomic mass is 9.58. The van der Waals surface area contributed by atoms with Crippen molar-refractivity contribution in [1.29, 1.82) is 0 Å². The minimum absolute atomic E-state index is 0.986. The molecule has 4 rings (SSSR count). The Morgan fingerprint density at radius 1 is 0.750 bits per heavy atom. The van der Waals surface area contributed by atoms with Gasteiger partial charge in [-0.05, 0) is 81.0 Å². The summed E-state index contributed by atoms with van der Waals surface area (Å²) in [7, 11) is 0. The van der Waals surface area contributed by atoms with Crippen LogP contribution in [0.3, 0.4) is 0 Å². The van der Waals surface area contributed by atoms with Gasteiger partial charge in [0.05, 0.1) is 0 Å². The lowest BCUT2D eigenvalue weighted by molar-refractivity contribution is 0.0387. The summed E-state index contributed by atoms with van der Waals surface area (Å²) in [5.74, 6) is 6.41. The molecule has 0 heteroatoms. The van der Waals surface area contributed by atoms with Crippen molar-refractivity contribution >= 4 is 0 Å². The van der Waals surface area contributed by atoms with Gasteiger partial charge in [0.25, 0.3) is 0 Å². The van der Waals surface area contributed by atoms with E-state index in [-0.39, 0.29) is 0 Å². The van der Waals surface area contributed by atoms with Gasteiger partial charge in [0.1, 0.15) is 0 Å². The summed E-state index contributed by atoms with van der Waals surface area (Å²) >= 11 is 0. The van der Waals surface area contributed by atoms with Crippen LogP contribution in [-0.2, 0) is 0 Å². The molecule has 5 atom stereocenters. The van der Waals surface area contributed by atoms with E-state index in [2.05, 4.69) is 13.0 Å². The van der Waals surface area contributed by atoms with Gasteiger partial charge in [-0.1, -0.05) is 43.8 Å². The van der Waals surface area contributed by atoms with Crippen molar-refractivity contribution in [2.75, 3.05) is 0 Å². The highest BCUT2D eigenvalue weighted by atomic mass is 14.5. The summed E-state index contributed by atoms with van der Waals surface area (Å²) in [6.07, 6.45) is 19.7. The lowest BCUT2D eigenvalue weighted by Gasteiger charge is -2.47. The van der Waals surface area contributed by atoms with E-state index in [4.69, 9.17) is 0 Å². The molecule has 0 aliphatic heterocycles. The molecule has 0 saturated heterocycles. The Kier molecular flexibility index (Phi) is 3.69. The Morgan fingerprint density at radius 3 is 2.25 bits per heavy atom. The van der Waals surface area contributed by atoms with Crippen LogP contribution in [0.4, 0.5) is 0 Å². The number of hydrogen-bond acceptors (Lipinski definition) is 0. The molecule has 0 amide bonds. The van der Waals surface area contributed by atoms with Crippen molar-refractivity contribution in [3.8, 4) is 0 Å². The molecule has 112 valence electrons. The van der Waals surface area contributed by atoms with Gasteiger partial charge < -0.3 is 0 Å². The molecule has 0 N–H and O–H groups in total. The Balaban J connectivity index is 1.47. The molecule has 0 heterocycles. The molecule has 0 nitrogen and oxygen atoms in total. The summed E-state index contributed by atoms with van der Waals surface area (Å²) in [5.41, 5.74) is 1.71. The SMILES string of the molecule is CC1=CC2C(CCC3CCC(C4CCCCC4)CC32)C1. The van der Waals surface area contributed by atoms with Crippen molar-refractivity contribution in [3.63, 3.8) is 0 Å². The Labute approximate surface area is 125 Å². The van der Waals surface area contributed by atoms with Gasteiger partial charge in [-0.2, -0.15) is 0 Å². The highest BCUT2D eigenvalue weighted by molar-refractivity contribution is 5.15. The second-order valence-corrected chi connectivity index (χ2v) is 8.53. The zero-order valence-corrected chi connectivity index (χ0v) is 13.3. The van der Waals surface area contributed by atoms with Gasteiger partial charge in [-0.15, -0.1) is 0 Å². The maximum absolute atomic E-state index is 2.70. The highest BCUT2D eigenvalue weighted by Crippen LogP contribution is 2.54. The molecule has 0 aromatic rings. The van der Waals surface area contributed by atoms with Crippen LogP contribution in [0, 0.1) is 35.5 Å². The molecule has 4 aliphatic carbocycles. The molecule has 20 heavy (non-hydrogen) atoms. The van der Waals surface area contributed by atoms with E-state index in [9.17, 15) is 0 Å². The van der Waals surface area contributed by atoms with Gasteiger partial charge in [-0.3, -0.25) is 0 Å². The first-order valence-electron chi connectivity index (χ1n) is 9.48. The fraction of sp³-hybridized carbons (Fsp3) is 0.900. The average Bonchev–Trinajstić information content (AvgIpc) is 2.88. The van der Waals surface area contributed by atoms with Crippen LogP contribution < -0.4 is 0 Å². The van der Waals surface area contributed by atoms with Gasteiger partial charge in [0.2, 0.25) is 0 Å². The summed E-state index contributed by atoms with van der Waals surface area (Å²) in [4.78, 5) is 0. The van der Waals surface area contributed by atoms with Crippen molar-refractivity contribution in [2.24, 2.45) is 35.5 Å². The number of fused-ring (bicyclic) bond motifs is 3. The fourth-order valence-corrected chi connectivity index (χ4v) is 6.44. The smallest absolute Gasteiger partial charge is 0.0168 e. The lowest BCUT2D eigenvalue weighted by Crippen LogP contribution is -2.38. The van der Waals surface area contributed by atoms with E-state index < -0.39 is 0 Å². The number of rotatable bonds is 1. The standard InChI is InChI=1S/C20H32/c1-14-11-18-10-8-16-7-9-17(13-20(16)19(18)12-14)15-5-3-2-4-6-15/h12,15-20H,2-11,13H2,1H3. The minimum Gasteiger partial charge on any atom is -0.0819 e. The largest absolute Gasteiger partial charge is 0.0819 e. The summed E-state index contributed by atoms with van der Waals surface area (Å²) in [6.45, 7) is 2.38. The third-order valence-electron chi connectivity index (χ3n) is 7.41. The minimum atomic E-state index is 0.986. The number of hydrogen-bond donors (Lipinski definition) is 0. The van der Waals surface area contributed by atoms with Crippen molar-refractivity contribution in [1.82, 2.24) is 0 Å². The maximum Gasteiger partial charge on any atom is -0.0168 e. The second kappa shape index (κ2) is 5.50. The zero-order chi connectivity index (χ0) is 13.5. The van der Waals surface area contributed by atoms with E-state index in [0.717, 1.165) is 35.5 Å². The molecule has 0 aromatic carbocycles. The molecular weight excluding hydrogens is 240 g/mol. The quantitative estimate of drug-likeness (QED) is 0.515. The molecule has 5 unspecified atom stereocenters. The average molecular weight is 272 g/mol. The van der Waals surface area contributed by atoms with Crippen LogP contribution >= 0.6 is 0 Å². The van der Waals surface area contributed by atoms with Crippen LogP contribution in [0.1, 0.15) is 77.6 Å². The summed E-state index contributed by atoms with van der Waals surface area (Å²) in [5, 5.41) is 0. The molecular formula is C20H32. The predicted molar refractivity (Wildman–Crippen MR) is 85.5 cm³/mol.